The van der Waals surface area contributed by atoms with E-state index in [9.17, 15) is 9.18 Å². The van der Waals surface area contributed by atoms with Crippen LogP contribution in [-0.2, 0) is 4.74 Å². The lowest BCUT2D eigenvalue weighted by atomic mass is 9.76. The lowest BCUT2D eigenvalue weighted by molar-refractivity contribution is 0.0190. The van der Waals surface area contributed by atoms with E-state index in [0.29, 0.717) is 18.5 Å². The minimum absolute atomic E-state index is 0.102. The van der Waals surface area contributed by atoms with Gasteiger partial charge in [-0.15, -0.1) is 0 Å². The predicted octanol–water partition coefficient (Wildman–Crippen LogP) is 4.31. The first-order chi connectivity index (χ1) is 11.7. The van der Waals surface area contributed by atoms with Gasteiger partial charge < -0.3 is 15.0 Å². The maximum absolute atomic E-state index is 13.0. The molecule has 0 bridgehead atoms. The first-order valence-corrected chi connectivity index (χ1v) is 9.14. The molecule has 0 aliphatic heterocycles. The molecule has 1 amide bonds. The van der Waals surface area contributed by atoms with E-state index in [1.165, 1.54) is 17.7 Å². The van der Waals surface area contributed by atoms with Crippen LogP contribution in [0.3, 0.4) is 0 Å². The van der Waals surface area contributed by atoms with Crippen LogP contribution < -0.4 is 5.32 Å². The van der Waals surface area contributed by atoms with Crippen molar-refractivity contribution >= 4 is 6.09 Å². The van der Waals surface area contributed by atoms with Gasteiger partial charge in [-0.2, -0.15) is 0 Å². The van der Waals surface area contributed by atoms with Crippen molar-refractivity contribution in [3.63, 3.8) is 0 Å². The summed E-state index contributed by atoms with van der Waals surface area (Å²) in [7, 11) is 0. The first-order valence-electron chi connectivity index (χ1n) is 9.14. The Morgan fingerprint density at radius 2 is 1.88 bits per heavy atom. The van der Waals surface area contributed by atoms with Gasteiger partial charge >= 0.3 is 6.09 Å². The number of carbonyl (C=O) groups excluding carboxylic acids is 1. The van der Waals surface area contributed by atoms with E-state index >= 15 is 0 Å². The quantitative estimate of drug-likeness (QED) is 0.831. The number of benzene rings is 1. The topological polar surface area (TPSA) is 41.6 Å². The Kier molecular flexibility index (Phi) is 6.44. The Hall–Kier alpha value is -1.62. The highest BCUT2D eigenvalue weighted by Gasteiger charge is 2.30. The highest BCUT2D eigenvalue weighted by Crippen LogP contribution is 2.36. The Morgan fingerprint density at radius 3 is 2.40 bits per heavy atom. The van der Waals surface area contributed by atoms with Crippen molar-refractivity contribution in [2.24, 2.45) is 0 Å². The number of rotatable bonds is 6. The number of hydrogen-bond donors (Lipinski definition) is 1. The van der Waals surface area contributed by atoms with E-state index in [2.05, 4.69) is 5.32 Å². The van der Waals surface area contributed by atoms with Crippen LogP contribution in [0.4, 0.5) is 9.18 Å². The molecule has 140 valence electrons. The molecule has 5 heteroatoms. The second-order valence-corrected chi connectivity index (χ2v) is 8.14. The zero-order chi connectivity index (χ0) is 18.6. The number of nitrogens with one attached hydrogen (secondary N) is 1. The smallest absolute Gasteiger partial charge is 0.410 e. The molecule has 4 nitrogen and oxygen atoms in total. The van der Waals surface area contributed by atoms with Gasteiger partial charge in [0.05, 0.1) is 0 Å². The molecule has 0 aromatic heterocycles. The molecule has 2 rings (SSSR count). The molecule has 0 atom stereocenters. The minimum Gasteiger partial charge on any atom is -0.444 e. The van der Waals surface area contributed by atoms with Crippen LogP contribution in [0.25, 0.3) is 0 Å². The van der Waals surface area contributed by atoms with Crippen LogP contribution in [0.1, 0.15) is 58.9 Å². The largest absolute Gasteiger partial charge is 0.444 e. The Morgan fingerprint density at radius 1 is 1.28 bits per heavy atom. The van der Waals surface area contributed by atoms with Crippen LogP contribution >= 0.6 is 0 Å². The van der Waals surface area contributed by atoms with Gasteiger partial charge in [0.2, 0.25) is 0 Å². The van der Waals surface area contributed by atoms with Crippen LogP contribution in [0.2, 0.25) is 0 Å². The Balaban J connectivity index is 1.72. The molecule has 25 heavy (non-hydrogen) atoms. The number of amides is 1. The molecular formula is C20H31FN2O2. The highest BCUT2D eigenvalue weighted by molar-refractivity contribution is 5.68. The van der Waals surface area contributed by atoms with Crippen molar-refractivity contribution < 1.29 is 13.9 Å². The standard InChI is InChI=1S/C20H31FN2O2/c1-14(2)23(19(24)25-20(3,4)5)11-10-22-18-12-16(13-18)15-6-8-17(21)9-7-15/h6-9,14,16,18,22H,10-13H2,1-5H3. The van der Waals surface area contributed by atoms with Crippen LogP contribution in [-0.4, -0.2) is 41.8 Å². The number of carbonyl (C=O) groups is 1. The molecule has 0 radical (unpaired) electrons. The van der Waals surface area contributed by atoms with Gasteiger partial charge in [-0.25, -0.2) is 9.18 Å². The predicted molar refractivity (Wildman–Crippen MR) is 98.2 cm³/mol. The Labute approximate surface area is 150 Å². The third kappa shape index (κ3) is 5.99. The second kappa shape index (κ2) is 8.17. The molecule has 0 unspecified atom stereocenters. The molecule has 1 N–H and O–H groups in total. The Bertz CT molecular complexity index is 560. The molecule has 1 saturated carbocycles. The summed E-state index contributed by atoms with van der Waals surface area (Å²) >= 11 is 0. The van der Waals surface area contributed by atoms with Crippen molar-refractivity contribution in [2.45, 2.75) is 71.1 Å². The molecule has 0 saturated heterocycles. The lowest BCUT2D eigenvalue weighted by Gasteiger charge is -2.37. The minimum atomic E-state index is -0.478. The zero-order valence-electron chi connectivity index (χ0n) is 16.0. The third-order valence-electron chi connectivity index (χ3n) is 4.52. The molecule has 1 aliphatic carbocycles. The summed E-state index contributed by atoms with van der Waals surface area (Å²) in [6.45, 7) is 11.0. The third-order valence-corrected chi connectivity index (χ3v) is 4.52. The lowest BCUT2D eigenvalue weighted by Crippen LogP contribution is -2.47. The summed E-state index contributed by atoms with van der Waals surface area (Å²) in [6, 6.07) is 7.36. The van der Waals surface area contributed by atoms with Crippen molar-refractivity contribution in [3.05, 3.63) is 35.6 Å². The SMILES string of the molecule is CC(C)N(CCNC1CC(c2ccc(F)cc2)C1)C(=O)OC(C)(C)C. The number of hydrogen-bond acceptors (Lipinski definition) is 3. The van der Waals surface area contributed by atoms with Gasteiger partial charge in [0.15, 0.2) is 0 Å². The molecule has 0 spiro atoms. The fraction of sp³-hybridized carbons (Fsp3) is 0.650. The van der Waals surface area contributed by atoms with E-state index in [-0.39, 0.29) is 18.0 Å². The molecule has 1 fully saturated rings. The van der Waals surface area contributed by atoms with E-state index in [1.807, 2.05) is 46.8 Å². The van der Waals surface area contributed by atoms with E-state index < -0.39 is 5.60 Å². The van der Waals surface area contributed by atoms with Crippen molar-refractivity contribution in [1.29, 1.82) is 0 Å². The summed E-state index contributed by atoms with van der Waals surface area (Å²) < 4.78 is 18.4. The number of nitrogens with zero attached hydrogens (tertiary/aromatic N) is 1. The number of ether oxygens (including phenoxy) is 1. The van der Waals surface area contributed by atoms with Gasteiger partial charge in [-0.05, 0) is 71.1 Å². The zero-order valence-corrected chi connectivity index (χ0v) is 16.0. The summed E-state index contributed by atoms with van der Waals surface area (Å²) in [5.74, 6) is 0.318. The summed E-state index contributed by atoms with van der Waals surface area (Å²) in [4.78, 5) is 14.0. The van der Waals surface area contributed by atoms with E-state index in [4.69, 9.17) is 4.74 Å². The molecule has 1 aromatic rings. The maximum atomic E-state index is 13.0. The van der Waals surface area contributed by atoms with Gasteiger partial charge in [-0.3, -0.25) is 0 Å². The van der Waals surface area contributed by atoms with Gasteiger partial charge in [-0.1, -0.05) is 12.1 Å². The van der Waals surface area contributed by atoms with Gasteiger partial charge in [0, 0.05) is 25.2 Å². The normalized spacial score (nSPS) is 20.3. The summed E-state index contributed by atoms with van der Waals surface area (Å²) in [6.07, 6.45) is 1.85. The van der Waals surface area contributed by atoms with Crippen molar-refractivity contribution in [2.75, 3.05) is 13.1 Å². The molecule has 0 heterocycles. The molecule has 1 aliphatic rings. The summed E-state index contributed by atoms with van der Waals surface area (Å²) in [5, 5.41) is 3.51. The van der Waals surface area contributed by atoms with Crippen LogP contribution in [0.15, 0.2) is 24.3 Å². The fourth-order valence-corrected chi connectivity index (χ4v) is 3.06. The van der Waals surface area contributed by atoms with Gasteiger partial charge in [0.1, 0.15) is 11.4 Å². The first kappa shape index (κ1) is 19.7. The average Bonchev–Trinajstić information content (AvgIpc) is 2.44. The fourth-order valence-electron chi connectivity index (χ4n) is 3.06. The average molecular weight is 350 g/mol. The highest BCUT2D eigenvalue weighted by atomic mass is 19.1. The monoisotopic (exact) mass is 350 g/mol. The number of halogens is 1. The van der Waals surface area contributed by atoms with E-state index in [0.717, 1.165) is 19.4 Å². The van der Waals surface area contributed by atoms with Crippen LogP contribution in [0, 0.1) is 5.82 Å². The van der Waals surface area contributed by atoms with Crippen LogP contribution in [0.5, 0.6) is 0 Å². The van der Waals surface area contributed by atoms with Crippen molar-refractivity contribution in [3.8, 4) is 0 Å². The van der Waals surface area contributed by atoms with Crippen molar-refractivity contribution in [1.82, 2.24) is 10.2 Å². The van der Waals surface area contributed by atoms with E-state index in [1.54, 1.807) is 4.90 Å². The molecular weight excluding hydrogens is 319 g/mol. The molecule has 1 aromatic carbocycles. The second-order valence-electron chi connectivity index (χ2n) is 8.14. The maximum Gasteiger partial charge on any atom is 0.410 e. The van der Waals surface area contributed by atoms with Gasteiger partial charge in [0.25, 0.3) is 0 Å². The summed E-state index contributed by atoms with van der Waals surface area (Å²) in [5.41, 5.74) is 0.727.